The molecule has 1 atom stereocenters. The molecule has 2 N–H and O–H groups in total. The van der Waals surface area contributed by atoms with Crippen molar-refractivity contribution < 1.29 is 9.90 Å². The van der Waals surface area contributed by atoms with Crippen LogP contribution in [-0.4, -0.2) is 33.4 Å². The third kappa shape index (κ3) is 4.48. The number of nitrogens with zero attached hydrogens (tertiary/aromatic N) is 2. The molecule has 1 aliphatic rings. The summed E-state index contributed by atoms with van der Waals surface area (Å²) in [6, 6.07) is 11.7. The van der Waals surface area contributed by atoms with E-state index in [2.05, 4.69) is 31.2 Å². The number of amides is 1. The number of hydrogen-bond donors (Lipinski definition) is 2. The van der Waals surface area contributed by atoms with Gasteiger partial charge in [0.1, 0.15) is 5.69 Å². The van der Waals surface area contributed by atoms with E-state index in [-0.39, 0.29) is 18.0 Å². The maximum Gasteiger partial charge on any atom is 0.271 e. The van der Waals surface area contributed by atoms with Crippen LogP contribution in [0.4, 0.5) is 0 Å². The van der Waals surface area contributed by atoms with E-state index in [9.17, 15) is 9.90 Å². The second-order valence-corrected chi connectivity index (χ2v) is 7.86. The normalized spacial score (nSPS) is 15.8. The number of aromatic nitrogens is 2. The minimum Gasteiger partial charge on any atom is -0.391 e. The highest BCUT2D eigenvalue weighted by atomic mass is 16.3. The minimum atomic E-state index is -0.612. The van der Waals surface area contributed by atoms with Crippen LogP contribution in [0.25, 0.3) is 0 Å². The molecule has 1 aromatic carbocycles. The van der Waals surface area contributed by atoms with Crippen LogP contribution in [0.5, 0.6) is 0 Å². The van der Waals surface area contributed by atoms with Gasteiger partial charge in [-0.25, -0.2) is 0 Å². The molecule has 0 saturated heterocycles. The third-order valence-corrected chi connectivity index (χ3v) is 4.41. The van der Waals surface area contributed by atoms with E-state index < -0.39 is 6.10 Å². The first-order valence-corrected chi connectivity index (χ1v) is 8.95. The van der Waals surface area contributed by atoms with E-state index >= 15 is 0 Å². The number of carbonyl (C=O) groups excluding carboxylic acids is 1. The number of carbonyl (C=O) groups is 1. The van der Waals surface area contributed by atoms with Crippen molar-refractivity contribution in [3.05, 3.63) is 53.3 Å². The Balaban J connectivity index is 1.61. The summed E-state index contributed by atoms with van der Waals surface area (Å²) in [6.07, 6.45) is 2.24. The van der Waals surface area contributed by atoms with Gasteiger partial charge in [-0.2, -0.15) is 5.10 Å². The molecular formula is C20H27N3O2. The minimum absolute atomic E-state index is 0.150. The summed E-state index contributed by atoms with van der Waals surface area (Å²) in [6.45, 7) is 6.50. The van der Waals surface area contributed by atoms with Gasteiger partial charge in [-0.15, -0.1) is 0 Å². The van der Waals surface area contributed by atoms with Crippen LogP contribution in [0.15, 0.2) is 36.4 Å². The fourth-order valence-electron chi connectivity index (χ4n) is 2.97. The standard InChI is InChI=1S/C20H27N3O2/c1-20(2,3)23-18(15-9-10-15)12-17(22-23)19(25)21-13-16(24)11-14-7-5-4-6-8-14/h4-8,12,15-16,24H,9-11,13H2,1-3H3,(H,21,25). The predicted molar refractivity (Wildman–Crippen MR) is 97.7 cm³/mol. The first-order valence-electron chi connectivity index (χ1n) is 8.95. The largest absolute Gasteiger partial charge is 0.391 e. The summed E-state index contributed by atoms with van der Waals surface area (Å²) in [4.78, 5) is 12.4. The van der Waals surface area contributed by atoms with Crippen molar-refractivity contribution in [1.29, 1.82) is 0 Å². The van der Waals surface area contributed by atoms with Crippen molar-refractivity contribution in [3.63, 3.8) is 0 Å². The Labute approximate surface area is 149 Å². The summed E-state index contributed by atoms with van der Waals surface area (Å²) >= 11 is 0. The van der Waals surface area contributed by atoms with Crippen LogP contribution in [-0.2, 0) is 12.0 Å². The Morgan fingerprint density at radius 2 is 2.00 bits per heavy atom. The van der Waals surface area contributed by atoms with Crippen molar-refractivity contribution >= 4 is 5.91 Å². The summed E-state index contributed by atoms with van der Waals surface area (Å²) in [5, 5.41) is 17.5. The van der Waals surface area contributed by atoms with Gasteiger partial charge in [0.2, 0.25) is 0 Å². The third-order valence-electron chi connectivity index (χ3n) is 4.41. The van der Waals surface area contributed by atoms with E-state index in [1.807, 2.05) is 41.1 Å². The lowest BCUT2D eigenvalue weighted by Gasteiger charge is -2.22. The molecule has 3 rings (SSSR count). The van der Waals surface area contributed by atoms with Crippen LogP contribution < -0.4 is 5.32 Å². The average Bonchev–Trinajstić information content (AvgIpc) is 3.30. The topological polar surface area (TPSA) is 67.2 Å². The molecule has 2 aromatic rings. The zero-order valence-corrected chi connectivity index (χ0v) is 15.2. The lowest BCUT2D eigenvalue weighted by atomic mass is 10.1. The zero-order valence-electron chi connectivity index (χ0n) is 15.2. The van der Waals surface area contributed by atoms with Crippen LogP contribution >= 0.6 is 0 Å². The van der Waals surface area contributed by atoms with Gasteiger partial charge in [0, 0.05) is 24.6 Å². The highest BCUT2D eigenvalue weighted by Crippen LogP contribution is 2.41. The SMILES string of the molecule is CC(C)(C)n1nc(C(=O)NCC(O)Cc2ccccc2)cc1C1CC1. The first kappa shape index (κ1) is 17.7. The van der Waals surface area contributed by atoms with Gasteiger partial charge in [0.05, 0.1) is 11.6 Å². The van der Waals surface area contributed by atoms with Crippen LogP contribution in [0.1, 0.15) is 61.3 Å². The molecule has 0 radical (unpaired) electrons. The molecule has 5 nitrogen and oxygen atoms in total. The summed E-state index contributed by atoms with van der Waals surface area (Å²) in [5.41, 5.74) is 2.48. The molecule has 1 heterocycles. The van der Waals surface area contributed by atoms with Crippen LogP contribution in [0.3, 0.4) is 0 Å². The number of nitrogens with one attached hydrogen (secondary N) is 1. The Morgan fingerprint density at radius 1 is 1.32 bits per heavy atom. The van der Waals surface area contributed by atoms with E-state index in [1.165, 1.54) is 12.8 Å². The van der Waals surface area contributed by atoms with Gasteiger partial charge in [-0.05, 0) is 45.2 Å². The number of benzene rings is 1. The molecule has 5 heteroatoms. The predicted octanol–water partition coefficient (Wildman–Crippen LogP) is 2.85. The second kappa shape index (κ2) is 7.00. The summed E-state index contributed by atoms with van der Waals surface area (Å²) in [5.74, 6) is 0.300. The van der Waals surface area contributed by atoms with Gasteiger partial charge in [0.25, 0.3) is 5.91 Å². The Hall–Kier alpha value is -2.14. The zero-order chi connectivity index (χ0) is 18.0. The van der Waals surface area contributed by atoms with Gasteiger partial charge >= 0.3 is 0 Å². The number of aliphatic hydroxyl groups is 1. The molecule has 0 bridgehead atoms. The molecule has 25 heavy (non-hydrogen) atoms. The quantitative estimate of drug-likeness (QED) is 0.849. The van der Waals surface area contributed by atoms with Crippen molar-refractivity contribution in [2.24, 2.45) is 0 Å². The van der Waals surface area contributed by atoms with Crippen molar-refractivity contribution in [2.45, 2.75) is 57.6 Å². The van der Waals surface area contributed by atoms with Crippen molar-refractivity contribution in [2.75, 3.05) is 6.54 Å². The second-order valence-electron chi connectivity index (χ2n) is 7.86. The molecule has 1 unspecified atom stereocenters. The fraction of sp³-hybridized carbons (Fsp3) is 0.500. The summed E-state index contributed by atoms with van der Waals surface area (Å²) in [7, 11) is 0. The van der Waals surface area contributed by atoms with Crippen molar-refractivity contribution in [1.82, 2.24) is 15.1 Å². The van der Waals surface area contributed by atoms with Gasteiger partial charge in [-0.1, -0.05) is 30.3 Å². The number of aliphatic hydroxyl groups excluding tert-OH is 1. The summed E-state index contributed by atoms with van der Waals surface area (Å²) < 4.78 is 1.97. The van der Waals surface area contributed by atoms with E-state index in [1.54, 1.807) is 0 Å². The molecule has 1 aliphatic carbocycles. The molecule has 1 aromatic heterocycles. The first-order chi connectivity index (χ1) is 11.8. The van der Waals surface area contributed by atoms with Gasteiger partial charge in [0.15, 0.2) is 0 Å². The lowest BCUT2D eigenvalue weighted by molar-refractivity contribution is 0.0909. The molecule has 134 valence electrons. The monoisotopic (exact) mass is 341 g/mol. The average molecular weight is 341 g/mol. The molecule has 1 amide bonds. The van der Waals surface area contributed by atoms with Crippen LogP contribution in [0.2, 0.25) is 0 Å². The highest BCUT2D eigenvalue weighted by Gasteiger charge is 2.32. The van der Waals surface area contributed by atoms with E-state index in [4.69, 9.17) is 0 Å². The van der Waals surface area contributed by atoms with E-state index in [0.717, 1.165) is 11.3 Å². The van der Waals surface area contributed by atoms with Gasteiger partial charge < -0.3 is 10.4 Å². The maximum absolute atomic E-state index is 12.4. The Morgan fingerprint density at radius 3 is 2.60 bits per heavy atom. The smallest absolute Gasteiger partial charge is 0.271 e. The van der Waals surface area contributed by atoms with Gasteiger partial charge in [-0.3, -0.25) is 9.48 Å². The molecule has 1 fully saturated rings. The Bertz CT molecular complexity index is 727. The highest BCUT2D eigenvalue weighted by molar-refractivity contribution is 5.92. The van der Waals surface area contributed by atoms with E-state index in [0.29, 0.717) is 18.0 Å². The fourth-order valence-corrected chi connectivity index (χ4v) is 2.97. The lowest BCUT2D eigenvalue weighted by Crippen LogP contribution is -2.33. The van der Waals surface area contributed by atoms with Crippen molar-refractivity contribution in [3.8, 4) is 0 Å². The van der Waals surface area contributed by atoms with Crippen LogP contribution in [0, 0.1) is 0 Å². The molecule has 1 saturated carbocycles. The number of hydrogen-bond acceptors (Lipinski definition) is 3. The Kier molecular flexibility index (Phi) is 4.95. The molecule has 0 spiro atoms. The number of rotatable bonds is 6. The maximum atomic E-state index is 12.4. The molecule has 0 aliphatic heterocycles. The molecular weight excluding hydrogens is 314 g/mol.